The molecular formula is C16H22N2O2. The summed E-state index contributed by atoms with van der Waals surface area (Å²) in [5.41, 5.74) is 2.20. The lowest BCUT2D eigenvalue weighted by Gasteiger charge is -2.38. The predicted octanol–water partition coefficient (Wildman–Crippen LogP) is 2.35. The summed E-state index contributed by atoms with van der Waals surface area (Å²) in [6.45, 7) is 1.72. The van der Waals surface area contributed by atoms with Crippen molar-refractivity contribution in [3.63, 3.8) is 0 Å². The summed E-state index contributed by atoms with van der Waals surface area (Å²) in [6, 6.07) is 7.49. The highest BCUT2D eigenvalue weighted by Crippen LogP contribution is 2.32. The van der Waals surface area contributed by atoms with Gasteiger partial charge in [0.05, 0.1) is 29.9 Å². The van der Waals surface area contributed by atoms with Gasteiger partial charge in [-0.3, -0.25) is 0 Å². The lowest BCUT2D eigenvalue weighted by Crippen LogP contribution is -2.43. The van der Waals surface area contributed by atoms with Gasteiger partial charge in [-0.2, -0.15) is 5.26 Å². The quantitative estimate of drug-likeness (QED) is 0.888. The Morgan fingerprint density at radius 3 is 2.65 bits per heavy atom. The van der Waals surface area contributed by atoms with Gasteiger partial charge < -0.3 is 15.1 Å². The third-order valence-electron chi connectivity index (χ3n) is 4.18. The lowest BCUT2D eigenvalue weighted by molar-refractivity contribution is 0.106. The van der Waals surface area contributed by atoms with Gasteiger partial charge in [-0.15, -0.1) is 0 Å². The molecular weight excluding hydrogens is 252 g/mol. The third-order valence-corrected chi connectivity index (χ3v) is 4.18. The molecule has 0 aromatic heterocycles. The van der Waals surface area contributed by atoms with Crippen molar-refractivity contribution in [1.29, 1.82) is 5.26 Å². The molecule has 3 atom stereocenters. The SMILES string of the molecule is C[C@@H](O)c1ccc(C#N)cc1N(C)C1CCCCC1O. The van der Waals surface area contributed by atoms with Gasteiger partial charge in [0.1, 0.15) is 0 Å². The normalized spacial score (nSPS) is 23.9. The van der Waals surface area contributed by atoms with E-state index in [1.54, 1.807) is 25.1 Å². The van der Waals surface area contributed by atoms with Gasteiger partial charge in [0, 0.05) is 18.3 Å². The van der Waals surface area contributed by atoms with Crippen molar-refractivity contribution in [2.24, 2.45) is 0 Å². The fourth-order valence-electron chi connectivity index (χ4n) is 2.99. The molecule has 1 fully saturated rings. The van der Waals surface area contributed by atoms with Crippen LogP contribution in [0.1, 0.15) is 49.8 Å². The molecule has 2 unspecified atom stereocenters. The largest absolute Gasteiger partial charge is 0.391 e. The second-order valence-corrected chi connectivity index (χ2v) is 5.59. The van der Waals surface area contributed by atoms with Crippen molar-refractivity contribution in [1.82, 2.24) is 0 Å². The van der Waals surface area contributed by atoms with Crippen molar-refractivity contribution in [2.75, 3.05) is 11.9 Å². The Labute approximate surface area is 120 Å². The van der Waals surface area contributed by atoms with Crippen LogP contribution in [0, 0.1) is 11.3 Å². The number of nitrogens with zero attached hydrogens (tertiary/aromatic N) is 2. The molecule has 0 heterocycles. The Morgan fingerprint density at radius 1 is 1.35 bits per heavy atom. The van der Waals surface area contributed by atoms with Crippen molar-refractivity contribution >= 4 is 5.69 Å². The summed E-state index contributed by atoms with van der Waals surface area (Å²) >= 11 is 0. The second kappa shape index (κ2) is 6.25. The Balaban J connectivity index is 2.36. The molecule has 0 spiro atoms. The summed E-state index contributed by atoms with van der Waals surface area (Å²) in [5.74, 6) is 0. The second-order valence-electron chi connectivity index (χ2n) is 5.59. The van der Waals surface area contributed by atoms with Crippen molar-refractivity contribution < 1.29 is 10.2 Å². The predicted molar refractivity (Wildman–Crippen MR) is 78.5 cm³/mol. The summed E-state index contributed by atoms with van der Waals surface area (Å²) in [4.78, 5) is 2.02. The molecule has 0 radical (unpaired) electrons. The minimum atomic E-state index is -0.596. The van der Waals surface area contributed by atoms with E-state index in [9.17, 15) is 10.2 Å². The number of aliphatic hydroxyl groups excluding tert-OH is 2. The number of benzene rings is 1. The fourth-order valence-corrected chi connectivity index (χ4v) is 2.99. The number of hydrogen-bond donors (Lipinski definition) is 2. The van der Waals surface area contributed by atoms with Gasteiger partial charge in [0.15, 0.2) is 0 Å². The highest BCUT2D eigenvalue weighted by molar-refractivity contribution is 5.59. The van der Waals surface area contributed by atoms with E-state index in [0.717, 1.165) is 36.9 Å². The number of aliphatic hydroxyl groups is 2. The summed E-state index contributed by atoms with van der Waals surface area (Å²) in [6.07, 6.45) is 2.98. The van der Waals surface area contributed by atoms with Crippen molar-refractivity contribution in [3.05, 3.63) is 29.3 Å². The molecule has 1 aliphatic rings. The maximum absolute atomic E-state index is 10.2. The summed E-state index contributed by atoms with van der Waals surface area (Å²) in [5, 5.41) is 29.2. The average molecular weight is 274 g/mol. The first-order chi connectivity index (χ1) is 9.54. The zero-order valence-electron chi connectivity index (χ0n) is 12.1. The summed E-state index contributed by atoms with van der Waals surface area (Å²) < 4.78 is 0. The molecule has 0 bridgehead atoms. The van der Waals surface area contributed by atoms with Gasteiger partial charge in [-0.05, 0) is 31.9 Å². The first kappa shape index (κ1) is 14.8. The molecule has 1 aliphatic carbocycles. The molecule has 1 aromatic carbocycles. The van der Waals surface area contributed by atoms with Gasteiger partial charge in [0.25, 0.3) is 0 Å². The van der Waals surface area contributed by atoms with Crippen LogP contribution in [0.2, 0.25) is 0 Å². The molecule has 2 N–H and O–H groups in total. The van der Waals surface area contributed by atoms with Crippen LogP contribution >= 0.6 is 0 Å². The molecule has 2 rings (SSSR count). The highest BCUT2D eigenvalue weighted by atomic mass is 16.3. The minimum Gasteiger partial charge on any atom is -0.391 e. The van der Waals surface area contributed by atoms with E-state index in [2.05, 4.69) is 6.07 Å². The average Bonchev–Trinajstić information content (AvgIpc) is 2.46. The number of nitriles is 1. The van der Waals surface area contributed by atoms with E-state index >= 15 is 0 Å². The number of hydrogen-bond acceptors (Lipinski definition) is 4. The van der Waals surface area contributed by atoms with E-state index in [1.165, 1.54) is 0 Å². The fraction of sp³-hybridized carbons (Fsp3) is 0.562. The topological polar surface area (TPSA) is 67.5 Å². The smallest absolute Gasteiger partial charge is 0.0992 e. The van der Waals surface area contributed by atoms with Crippen LogP contribution in [-0.2, 0) is 0 Å². The Hall–Kier alpha value is -1.57. The Morgan fingerprint density at radius 2 is 2.05 bits per heavy atom. The zero-order chi connectivity index (χ0) is 14.7. The van der Waals surface area contributed by atoms with Crippen LogP contribution in [0.3, 0.4) is 0 Å². The van der Waals surface area contributed by atoms with Crippen LogP contribution < -0.4 is 4.90 Å². The van der Waals surface area contributed by atoms with E-state index in [4.69, 9.17) is 5.26 Å². The maximum Gasteiger partial charge on any atom is 0.0992 e. The first-order valence-corrected chi connectivity index (χ1v) is 7.17. The molecule has 0 amide bonds. The number of rotatable bonds is 3. The molecule has 108 valence electrons. The monoisotopic (exact) mass is 274 g/mol. The third kappa shape index (κ3) is 2.95. The van der Waals surface area contributed by atoms with Gasteiger partial charge in [-0.25, -0.2) is 0 Å². The van der Waals surface area contributed by atoms with Crippen LogP contribution in [0.4, 0.5) is 5.69 Å². The van der Waals surface area contributed by atoms with Crippen LogP contribution in [0.15, 0.2) is 18.2 Å². The molecule has 20 heavy (non-hydrogen) atoms. The van der Waals surface area contributed by atoms with Crippen molar-refractivity contribution in [2.45, 2.75) is 50.9 Å². The van der Waals surface area contributed by atoms with E-state index in [0.29, 0.717) is 5.56 Å². The van der Waals surface area contributed by atoms with E-state index in [1.807, 2.05) is 11.9 Å². The summed E-state index contributed by atoms with van der Waals surface area (Å²) in [7, 11) is 1.93. The van der Waals surface area contributed by atoms with E-state index in [-0.39, 0.29) is 12.1 Å². The van der Waals surface area contributed by atoms with Crippen LogP contribution in [0.25, 0.3) is 0 Å². The molecule has 0 aliphatic heterocycles. The molecule has 1 aromatic rings. The number of anilines is 1. The van der Waals surface area contributed by atoms with Crippen molar-refractivity contribution in [3.8, 4) is 6.07 Å². The van der Waals surface area contributed by atoms with Crippen LogP contribution in [0.5, 0.6) is 0 Å². The zero-order valence-corrected chi connectivity index (χ0v) is 12.1. The molecule has 0 saturated heterocycles. The van der Waals surface area contributed by atoms with Gasteiger partial charge in [0.2, 0.25) is 0 Å². The molecule has 1 saturated carbocycles. The van der Waals surface area contributed by atoms with Gasteiger partial charge in [-0.1, -0.05) is 18.9 Å². The standard InChI is InChI=1S/C16H22N2O2/c1-11(19)13-8-7-12(10-17)9-15(13)18(2)14-5-3-4-6-16(14)20/h7-9,11,14,16,19-20H,3-6H2,1-2H3/t11-,14?,16?/m1/s1. The first-order valence-electron chi connectivity index (χ1n) is 7.17. The van der Waals surface area contributed by atoms with E-state index < -0.39 is 6.10 Å². The lowest BCUT2D eigenvalue weighted by atomic mass is 9.90. The maximum atomic E-state index is 10.2. The molecule has 4 heteroatoms. The molecule has 4 nitrogen and oxygen atoms in total. The minimum absolute atomic E-state index is 0.0511. The Kier molecular flexibility index (Phi) is 4.64. The number of likely N-dealkylation sites (N-methyl/N-ethyl adjacent to an activating group) is 1. The van der Waals surface area contributed by atoms with Gasteiger partial charge >= 0.3 is 0 Å². The Bertz CT molecular complexity index is 508. The van der Waals surface area contributed by atoms with Crippen LogP contribution in [-0.4, -0.2) is 29.4 Å². The highest BCUT2D eigenvalue weighted by Gasteiger charge is 2.28.